The average Bonchev–Trinajstić information content (AvgIpc) is 3.17. The molecule has 2 aromatic carbocycles. The van der Waals surface area contributed by atoms with E-state index in [9.17, 15) is 0 Å². The third-order valence-corrected chi connectivity index (χ3v) is 6.94. The molecule has 5 rings (SSSR count). The molecule has 3 atom stereocenters. The minimum atomic E-state index is 0.505. The Morgan fingerprint density at radius 1 is 0.967 bits per heavy atom. The Morgan fingerprint density at radius 3 is 2.50 bits per heavy atom. The number of ether oxygens (including phenoxy) is 2. The summed E-state index contributed by atoms with van der Waals surface area (Å²) >= 11 is 0. The highest BCUT2D eigenvalue weighted by Gasteiger charge is 2.33. The Balaban J connectivity index is 1.45. The Kier molecular flexibility index (Phi) is 5.03. The number of H-pyrrole nitrogens is 1. The molecule has 1 aliphatic heterocycles. The molecule has 0 bridgehead atoms. The van der Waals surface area contributed by atoms with E-state index in [-0.39, 0.29) is 0 Å². The fourth-order valence-corrected chi connectivity index (χ4v) is 5.41. The first kappa shape index (κ1) is 19.3. The number of aromatic nitrogens is 1. The molecule has 4 heteroatoms. The molecule has 0 radical (unpaired) electrons. The SMILES string of the molecule is COc1cc2[nH]c3c(c2cc1OC)CC(C1CC(c2ccccc2)=CCN1)CC3C. The molecule has 4 nitrogen and oxygen atoms in total. The number of rotatable bonds is 4. The molecule has 1 aliphatic carbocycles. The summed E-state index contributed by atoms with van der Waals surface area (Å²) in [6.45, 7) is 3.30. The molecule has 0 saturated heterocycles. The predicted molar refractivity (Wildman–Crippen MR) is 122 cm³/mol. The third-order valence-electron chi connectivity index (χ3n) is 6.94. The van der Waals surface area contributed by atoms with Crippen molar-refractivity contribution < 1.29 is 9.47 Å². The number of benzene rings is 2. The van der Waals surface area contributed by atoms with Crippen LogP contribution in [0.25, 0.3) is 16.5 Å². The summed E-state index contributed by atoms with van der Waals surface area (Å²) < 4.78 is 11.1. The molecule has 3 aromatic rings. The van der Waals surface area contributed by atoms with Gasteiger partial charge in [-0.25, -0.2) is 0 Å². The number of methoxy groups -OCH3 is 2. The standard InChI is InChI=1S/C26H30N2O2/c1-16-11-19(22-13-18(9-10-27-22)17-7-5-4-6-8-17)12-21-20-14-24(29-2)25(30-3)15-23(20)28-26(16)21/h4-9,14-16,19,22,27-28H,10-13H2,1-3H3. The quantitative estimate of drug-likeness (QED) is 0.623. The number of aromatic amines is 1. The highest BCUT2D eigenvalue weighted by atomic mass is 16.5. The second-order valence-electron chi connectivity index (χ2n) is 8.69. The smallest absolute Gasteiger partial charge is 0.162 e. The zero-order chi connectivity index (χ0) is 20.7. The summed E-state index contributed by atoms with van der Waals surface area (Å²) in [5.41, 5.74) is 6.81. The van der Waals surface area contributed by atoms with E-state index in [4.69, 9.17) is 9.47 Å². The Labute approximate surface area is 178 Å². The Hall–Kier alpha value is -2.72. The van der Waals surface area contributed by atoms with E-state index >= 15 is 0 Å². The topological polar surface area (TPSA) is 46.3 Å². The fourth-order valence-electron chi connectivity index (χ4n) is 5.41. The van der Waals surface area contributed by atoms with Crippen molar-refractivity contribution >= 4 is 16.5 Å². The molecule has 2 N–H and O–H groups in total. The van der Waals surface area contributed by atoms with Gasteiger partial charge in [-0.15, -0.1) is 0 Å². The van der Waals surface area contributed by atoms with Crippen LogP contribution >= 0.6 is 0 Å². The van der Waals surface area contributed by atoms with Crippen molar-refractivity contribution in [3.63, 3.8) is 0 Å². The number of hydrogen-bond donors (Lipinski definition) is 2. The Morgan fingerprint density at radius 2 is 1.73 bits per heavy atom. The first-order valence-corrected chi connectivity index (χ1v) is 10.9. The maximum atomic E-state index is 5.58. The van der Waals surface area contributed by atoms with Gasteiger partial charge in [0.15, 0.2) is 11.5 Å². The monoisotopic (exact) mass is 402 g/mol. The molecule has 0 amide bonds. The molecule has 0 spiro atoms. The van der Waals surface area contributed by atoms with Crippen molar-refractivity contribution in [2.24, 2.45) is 5.92 Å². The normalized spacial score (nSPS) is 23.7. The van der Waals surface area contributed by atoms with Crippen LogP contribution in [0.3, 0.4) is 0 Å². The van der Waals surface area contributed by atoms with E-state index in [1.54, 1.807) is 14.2 Å². The van der Waals surface area contributed by atoms with Crippen molar-refractivity contribution in [3.05, 3.63) is 65.4 Å². The second-order valence-corrected chi connectivity index (χ2v) is 8.69. The second kappa shape index (κ2) is 7.84. The van der Waals surface area contributed by atoms with Gasteiger partial charge in [-0.1, -0.05) is 43.3 Å². The molecule has 2 heterocycles. The van der Waals surface area contributed by atoms with Gasteiger partial charge in [-0.05, 0) is 53.9 Å². The van der Waals surface area contributed by atoms with E-state index in [0.717, 1.165) is 36.4 Å². The maximum Gasteiger partial charge on any atom is 0.162 e. The summed E-state index contributed by atoms with van der Waals surface area (Å²) in [6.07, 6.45) is 5.74. The van der Waals surface area contributed by atoms with Crippen LogP contribution in [-0.4, -0.2) is 31.8 Å². The minimum absolute atomic E-state index is 0.505. The molecule has 2 aliphatic rings. The van der Waals surface area contributed by atoms with Crippen molar-refractivity contribution in [2.75, 3.05) is 20.8 Å². The molecule has 1 aromatic heterocycles. The van der Waals surface area contributed by atoms with E-state index in [2.05, 4.69) is 65.8 Å². The van der Waals surface area contributed by atoms with Crippen LogP contribution in [0.1, 0.15) is 42.5 Å². The van der Waals surface area contributed by atoms with Crippen LogP contribution in [0.2, 0.25) is 0 Å². The molecule has 0 saturated carbocycles. The summed E-state index contributed by atoms with van der Waals surface area (Å²) in [5, 5.41) is 5.06. The number of nitrogens with one attached hydrogen (secondary N) is 2. The highest BCUT2D eigenvalue weighted by molar-refractivity contribution is 5.88. The molecule has 30 heavy (non-hydrogen) atoms. The summed E-state index contributed by atoms with van der Waals surface area (Å²) in [6, 6.07) is 15.5. The van der Waals surface area contributed by atoms with Gasteiger partial charge in [-0.3, -0.25) is 0 Å². The van der Waals surface area contributed by atoms with Crippen LogP contribution in [0.5, 0.6) is 11.5 Å². The van der Waals surface area contributed by atoms with Crippen molar-refractivity contribution in [3.8, 4) is 11.5 Å². The van der Waals surface area contributed by atoms with Crippen LogP contribution in [-0.2, 0) is 6.42 Å². The summed E-state index contributed by atoms with van der Waals surface area (Å²) in [4.78, 5) is 3.68. The zero-order valence-corrected chi connectivity index (χ0v) is 18.0. The maximum absolute atomic E-state index is 5.58. The van der Waals surface area contributed by atoms with Crippen molar-refractivity contribution in [1.29, 1.82) is 0 Å². The molecular formula is C26H30N2O2. The highest BCUT2D eigenvalue weighted by Crippen LogP contribution is 2.43. The predicted octanol–water partition coefficient (Wildman–Crippen LogP) is 5.30. The number of fused-ring (bicyclic) bond motifs is 3. The lowest BCUT2D eigenvalue weighted by molar-refractivity contribution is 0.306. The lowest BCUT2D eigenvalue weighted by Crippen LogP contribution is -2.41. The van der Waals surface area contributed by atoms with E-state index < -0.39 is 0 Å². The van der Waals surface area contributed by atoms with Gasteiger partial charge in [0.1, 0.15) is 0 Å². The Bertz CT molecular complexity index is 1080. The van der Waals surface area contributed by atoms with Gasteiger partial charge in [0.2, 0.25) is 0 Å². The molecule has 156 valence electrons. The van der Waals surface area contributed by atoms with E-state index in [0.29, 0.717) is 17.9 Å². The van der Waals surface area contributed by atoms with Gasteiger partial charge in [0.05, 0.1) is 14.2 Å². The van der Waals surface area contributed by atoms with E-state index in [1.165, 1.54) is 34.2 Å². The van der Waals surface area contributed by atoms with Gasteiger partial charge in [0, 0.05) is 35.2 Å². The van der Waals surface area contributed by atoms with Crippen LogP contribution < -0.4 is 14.8 Å². The zero-order valence-electron chi connectivity index (χ0n) is 18.0. The van der Waals surface area contributed by atoms with Crippen LogP contribution in [0, 0.1) is 5.92 Å². The number of hydrogen-bond acceptors (Lipinski definition) is 3. The lowest BCUT2D eigenvalue weighted by Gasteiger charge is -2.36. The van der Waals surface area contributed by atoms with Gasteiger partial charge < -0.3 is 19.8 Å². The van der Waals surface area contributed by atoms with Crippen molar-refractivity contribution in [2.45, 2.75) is 38.1 Å². The molecule has 0 fully saturated rings. The lowest BCUT2D eigenvalue weighted by atomic mass is 9.74. The average molecular weight is 403 g/mol. The van der Waals surface area contributed by atoms with Gasteiger partial charge >= 0.3 is 0 Å². The molecular weight excluding hydrogens is 372 g/mol. The van der Waals surface area contributed by atoms with E-state index in [1.807, 2.05) is 0 Å². The third kappa shape index (κ3) is 3.29. The summed E-state index contributed by atoms with van der Waals surface area (Å²) in [5.74, 6) is 2.70. The first-order valence-electron chi connectivity index (χ1n) is 10.9. The van der Waals surface area contributed by atoms with Crippen LogP contribution in [0.15, 0.2) is 48.5 Å². The molecule has 3 unspecified atom stereocenters. The minimum Gasteiger partial charge on any atom is -0.493 e. The van der Waals surface area contributed by atoms with Crippen LogP contribution in [0.4, 0.5) is 0 Å². The first-order chi connectivity index (χ1) is 14.7. The van der Waals surface area contributed by atoms with Crippen molar-refractivity contribution in [1.82, 2.24) is 10.3 Å². The summed E-state index contributed by atoms with van der Waals surface area (Å²) in [7, 11) is 3.40. The fraction of sp³-hybridized carbons (Fsp3) is 0.385. The van der Waals surface area contributed by atoms with Gasteiger partial charge in [-0.2, -0.15) is 0 Å². The largest absolute Gasteiger partial charge is 0.493 e. The van der Waals surface area contributed by atoms with Gasteiger partial charge in [0.25, 0.3) is 0 Å².